The van der Waals surface area contributed by atoms with Gasteiger partial charge in [-0.3, -0.25) is 13.9 Å². The summed E-state index contributed by atoms with van der Waals surface area (Å²) < 4.78 is 30.6. The van der Waals surface area contributed by atoms with Crippen molar-refractivity contribution in [2.75, 3.05) is 6.61 Å². The molecule has 188 valence electrons. The third-order valence-electron chi connectivity index (χ3n) is 6.80. The van der Waals surface area contributed by atoms with Gasteiger partial charge in [0.15, 0.2) is 28.6 Å². The summed E-state index contributed by atoms with van der Waals surface area (Å²) >= 11 is 0. The van der Waals surface area contributed by atoms with Crippen LogP contribution in [0.2, 0.25) is 0 Å². The Labute approximate surface area is 200 Å². The molecule has 35 heavy (non-hydrogen) atoms. The van der Waals surface area contributed by atoms with Crippen LogP contribution >= 0.6 is 0 Å². The molecule has 0 aliphatic carbocycles. The molecule has 1 unspecified atom stereocenters. The van der Waals surface area contributed by atoms with Crippen LogP contribution in [0.1, 0.15) is 34.1 Å². The molecule has 0 amide bonds. The lowest BCUT2D eigenvalue weighted by molar-refractivity contribution is -0.174. The van der Waals surface area contributed by atoms with Crippen LogP contribution in [-0.2, 0) is 45.6 Å². The van der Waals surface area contributed by atoms with Gasteiger partial charge in [0.25, 0.3) is 5.56 Å². The molecule has 0 bridgehead atoms. The van der Waals surface area contributed by atoms with Gasteiger partial charge in [-0.15, -0.1) is 5.10 Å². The highest BCUT2D eigenvalue weighted by Gasteiger charge is 2.50. The number of aromatic nitrogens is 7. The largest absolute Gasteiger partial charge is 0.348 e. The number of hydrogen-bond acceptors (Lipinski definition) is 9. The van der Waals surface area contributed by atoms with Crippen LogP contribution in [0, 0.1) is 0 Å². The molecule has 0 aromatic carbocycles. The van der Waals surface area contributed by atoms with E-state index in [0.717, 1.165) is 11.0 Å². The molecular weight excluding hydrogens is 458 g/mol. The quantitative estimate of drug-likeness (QED) is 0.508. The number of hydrogen-bond donors (Lipinski definition) is 0. The van der Waals surface area contributed by atoms with E-state index in [-0.39, 0.29) is 29.5 Å². The van der Waals surface area contributed by atoms with Crippen molar-refractivity contribution >= 4 is 11.2 Å². The summed E-state index contributed by atoms with van der Waals surface area (Å²) in [5, 5.41) is 8.41. The summed E-state index contributed by atoms with van der Waals surface area (Å²) in [6, 6.07) is 0. The SMILES string of the molecule is Cn1c(=O)c2nc(-c3cnnn3C[C@@H]3OC(C)(C)O[C@H]3C3COC(C)(C)O3)n3c2n(c1=O)CCC3. The highest BCUT2D eigenvalue weighted by atomic mass is 16.8. The first-order valence-corrected chi connectivity index (χ1v) is 11.8. The fourth-order valence-electron chi connectivity index (χ4n) is 5.31. The number of ether oxygens (including phenoxy) is 4. The predicted octanol–water partition coefficient (Wildman–Crippen LogP) is 0.231. The van der Waals surface area contributed by atoms with E-state index in [4.69, 9.17) is 18.9 Å². The Balaban J connectivity index is 1.39. The molecule has 3 aliphatic rings. The van der Waals surface area contributed by atoms with Gasteiger partial charge in [-0.2, -0.15) is 0 Å². The van der Waals surface area contributed by atoms with Crippen molar-refractivity contribution in [3.8, 4) is 11.5 Å². The highest BCUT2D eigenvalue weighted by molar-refractivity contribution is 5.76. The summed E-state index contributed by atoms with van der Waals surface area (Å²) in [4.78, 5) is 30.2. The molecule has 0 spiro atoms. The van der Waals surface area contributed by atoms with E-state index in [1.165, 1.54) is 7.05 Å². The van der Waals surface area contributed by atoms with Gasteiger partial charge < -0.3 is 23.5 Å². The van der Waals surface area contributed by atoms with Gasteiger partial charge in [0.05, 0.1) is 19.3 Å². The Morgan fingerprint density at radius 1 is 1.06 bits per heavy atom. The molecule has 6 rings (SSSR count). The lowest BCUT2D eigenvalue weighted by Gasteiger charge is -2.24. The maximum atomic E-state index is 12.8. The Morgan fingerprint density at radius 3 is 2.57 bits per heavy atom. The monoisotopic (exact) mass is 487 g/mol. The molecule has 3 aliphatic heterocycles. The lowest BCUT2D eigenvalue weighted by atomic mass is 10.1. The zero-order valence-corrected chi connectivity index (χ0v) is 20.4. The maximum absolute atomic E-state index is 12.8. The molecule has 0 saturated carbocycles. The van der Waals surface area contributed by atoms with E-state index in [0.29, 0.717) is 43.4 Å². The fraction of sp³-hybridized carbons (Fsp3) is 0.682. The Bertz CT molecular complexity index is 1430. The van der Waals surface area contributed by atoms with Gasteiger partial charge in [0, 0.05) is 20.1 Å². The van der Waals surface area contributed by atoms with Gasteiger partial charge in [0.1, 0.15) is 24.0 Å². The maximum Gasteiger partial charge on any atom is 0.332 e. The van der Waals surface area contributed by atoms with E-state index < -0.39 is 17.1 Å². The average Bonchev–Trinajstić information content (AvgIpc) is 3.55. The number of nitrogens with zero attached hydrogens (tertiary/aromatic N) is 7. The number of imidazole rings is 1. The smallest absolute Gasteiger partial charge is 0.332 e. The van der Waals surface area contributed by atoms with Crippen LogP contribution in [0.4, 0.5) is 0 Å². The average molecular weight is 488 g/mol. The molecule has 6 heterocycles. The molecule has 3 atom stereocenters. The molecule has 0 N–H and O–H groups in total. The summed E-state index contributed by atoms with van der Waals surface area (Å²) in [6.07, 6.45) is 1.30. The van der Waals surface area contributed by atoms with E-state index in [1.807, 2.05) is 32.3 Å². The van der Waals surface area contributed by atoms with E-state index in [2.05, 4.69) is 15.3 Å². The Morgan fingerprint density at radius 2 is 1.83 bits per heavy atom. The number of aryl methyl sites for hydroxylation is 2. The van der Waals surface area contributed by atoms with Gasteiger partial charge in [0.2, 0.25) is 0 Å². The summed E-state index contributed by atoms with van der Waals surface area (Å²) in [5.41, 5.74) is 0.653. The Hall–Kier alpha value is -2.87. The first-order valence-electron chi connectivity index (χ1n) is 11.8. The minimum Gasteiger partial charge on any atom is -0.348 e. The van der Waals surface area contributed by atoms with Crippen molar-refractivity contribution in [3.63, 3.8) is 0 Å². The molecular formula is C22H29N7O6. The third kappa shape index (κ3) is 3.56. The third-order valence-corrected chi connectivity index (χ3v) is 6.80. The van der Waals surface area contributed by atoms with Crippen LogP contribution in [0.15, 0.2) is 15.8 Å². The predicted molar refractivity (Wildman–Crippen MR) is 122 cm³/mol. The second-order valence-corrected chi connectivity index (χ2v) is 10.2. The zero-order valence-electron chi connectivity index (χ0n) is 20.4. The van der Waals surface area contributed by atoms with Crippen molar-refractivity contribution in [3.05, 3.63) is 27.0 Å². The van der Waals surface area contributed by atoms with E-state index in [9.17, 15) is 9.59 Å². The number of rotatable bonds is 4. The fourth-order valence-corrected chi connectivity index (χ4v) is 5.31. The minimum absolute atomic E-state index is 0.257. The minimum atomic E-state index is -0.803. The van der Waals surface area contributed by atoms with Crippen LogP contribution in [-0.4, -0.2) is 70.2 Å². The van der Waals surface area contributed by atoms with Crippen molar-refractivity contribution in [2.24, 2.45) is 7.05 Å². The summed E-state index contributed by atoms with van der Waals surface area (Å²) in [5.74, 6) is -0.954. The van der Waals surface area contributed by atoms with Crippen LogP contribution in [0.5, 0.6) is 0 Å². The van der Waals surface area contributed by atoms with Crippen LogP contribution in [0.3, 0.4) is 0 Å². The van der Waals surface area contributed by atoms with Crippen LogP contribution in [0.25, 0.3) is 22.7 Å². The first kappa shape index (κ1) is 22.6. The van der Waals surface area contributed by atoms with Gasteiger partial charge in [-0.05, 0) is 34.1 Å². The Kier molecular flexibility index (Phi) is 4.88. The molecule has 13 heteroatoms. The van der Waals surface area contributed by atoms with E-state index in [1.54, 1.807) is 15.4 Å². The highest BCUT2D eigenvalue weighted by Crippen LogP contribution is 2.36. The van der Waals surface area contributed by atoms with Crippen molar-refractivity contribution < 1.29 is 18.9 Å². The van der Waals surface area contributed by atoms with Gasteiger partial charge in [-0.1, -0.05) is 5.21 Å². The molecule has 13 nitrogen and oxygen atoms in total. The summed E-state index contributed by atoms with van der Waals surface area (Å²) in [6.45, 7) is 9.37. The second kappa shape index (κ2) is 7.56. The van der Waals surface area contributed by atoms with Crippen molar-refractivity contribution in [1.29, 1.82) is 0 Å². The van der Waals surface area contributed by atoms with Crippen molar-refractivity contribution in [2.45, 2.75) is 83.6 Å². The van der Waals surface area contributed by atoms with Gasteiger partial charge in [-0.25, -0.2) is 14.5 Å². The van der Waals surface area contributed by atoms with E-state index >= 15 is 0 Å². The van der Waals surface area contributed by atoms with Crippen molar-refractivity contribution in [1.82, 2.24) is 33.7 Å². The molecule has 2 saturated heterocycles. The van der Waals surface area contributed by atoms with Crippen LogP contribution < -0.4 is 11.2 Å². The lowest BCUT2D eigenvalue weighted by Crippen LogP contribution is -2.40. The molecule has 0 radical (unpaired) electrons. The molecule has 3 aromatic heterocycles. The zero-order chi connectivity index (χ0) is 24.7. The summed E-state index contributed by atoms with van der Waals surface area (Å²) in [7, 11) is 1.47. The van der Waals surface area contributed by atoms with Gasteiger partial charge >= 0.3 is 5.69 Å². The standard InChI is InChI=1S/C22H29N7O6/c1-21(2)32-11-14(34-21)16-13(33-22(3,4)35-16)10-29-12(9-23-25-29)17-24-15-18-27(17)7-6-8-28(18)20(31)26(5)19(15)30/h9,13-14,16H,6-8,10-11H2,1-5H3/t13-,14?,16+/m0/s1. The normalized spacial score (nSPS) is 27.2. The second-order valence-electron chi connectivity index (χ2n) is 10.2. The molecule has 3 aromatic rings. The topological polar surface area (TPSA) is 129 Å². The first-order chi connectivity index (χ1) is 16.5. The molecule has 2 fully saturated rings.